The molecule has 2 heterocycles. The molecule has 0 bridgehead atoms. The standard InChI is InChI=1S/C21H24F3N3OS2/c1-13(2)26(14(3)4)10-11-29-20(28)27-16-12-15(21(22,23)24)7-8-17(16)30-18-6-5-9-25-19(18)27/h5-9,12-14H,10-11H2,1-4H3. The largest absolute Gasteiger partial charge is 0.416 e. The first-order chi connectivity index (χ1) is 14.1. The maximum absolute atomic E-state index is 13.3. The third-order valence-electron chi connectivity index (χ3n) is 4.79. The summed E-state index contributed by atoms with van der Waals surface area (Å²) >= 11 is 2.42. The first-order valence-corrected chi connectivity index (χ1v) is 11.5. The van der Waals surface area contributed by atoms with E-state index in [0.717, 1.165) is 28.8 Å². The van der Waals surface area contributed by atoms with Gasteiger partial charge in [-0.05, 0) is 58.0 Å². The van der Waals surface area contributed by atoms with Gasteiger partial charge in [0.1, 0.15) is 0 Å². The highest BCUT2D eigenvalue weighted by atomic mass is 32.2. The number of alkyl halides is 3. The molecule has 0 unspecified atom stereocenters. The molecule has 1 amide bonds. The van der Waals surface area contributed by atoms with Gasteiger partial charge in [0.05, 0.1) is 16.1 Å². The van der Waals surface area contributed by atoms with Crippen molar-refractivity contribution in [1.29, 1.82) is 0 Å². The highest BCUT2D eigenvalue weighted by molar-refractivity contribution is 8.14. The van der Waals surface area contributed by atoms with Gasteiger partial charge in [-0.2, -0.15) is 13.2 Å². The summed E-state index contributed by atoms with van der Waals surface area (Å²) in [6.45, 7) is 9.11. The molecule has 1 aromatic carbocycles. The summed E-state index contributed by atoms with van der Waals surface area (Å²) in [6, 6.07) is 7.74. The summed E-state index contributed by atoms with van der Waals surface area (Å²) in [6.07, 6.45) is -2.94. The molecule has 2 aromatic rings. The predicted octanol–water partition coefficient (Wildman–Crippen LogP) is 6.68. The SMILES string of the molecule is CC(C)N(CCSC(=O)N1c2cc(C(F)(F)F)ccc2Sc2cccnc21)C(C)C. The summed E-state index contributed by atoms with van der Waals surface area (Å²) < 4.78 is 39.9. The lowest BCUT2D eigenvalue weighted by molar-refractivity contribution is -0.137. The number of rotatable bonds is 5. The second-order valence-electron chi connectivity index (χ2n) is 7.48. The lowest BCUT2D eigenvalue weighted by Gasteiger charge is -2.32. The number of amides is 1. The molecule has 0 aliphatic carbocycles. The van der Waals surface area contributed by atoms with Gasteiger partial charge >= 0.3 is 6.18 Å². The highest BCUT2D eigenvalue weighted by Crippen LogP contribution is 2.49. The third-order valence-corrected chi connectivity index (χ3v) is 6.71. The van der Waals surface area contributed by atoms with Crippen LogP contribution in [0.2, 0.25) is 0 Å². The van der Waals surface area contributed by atoms with Gasteiger partial charge in [0.15, 0.2) is 5.82 Å². The van der Waals surface area contributed by atoms with Gasteiger partial charge in [0.25, 0.3) is 5.24 Å². The van der Waals surface area contributed by atoms with Crippen molar-refractivity contribution < 1.29 is 18.0 Å². The quantitative estimate of drug-likeness (QED) is 0.503. The first kappa shape index (κ1) is 23.0. The number of carbonyl (C=O) groups is 1. The minimum absolute atomic E-state index is 0.225. The number of aromatic nitrogens is 1. The van der Waals surface area contributed by atoms with E-state index in [1.807, 2.05) is 6.07 Å². The van der Waals surface area contributed by atoms with E-state index in [4.69, 9.17) is 0 Å². The Morgan fingerprint density at radius 3 is 2.50 bits per heavy atom. The van der Waals surface area contributed by atoms with Crippen LogP contribution >= 0.6 is 23.5 Å². The second-order valence-corrected chi connectivity index (χ2v) is 9.61. The molecule has 0 fully saturated rings. The topological polar surface area (TPSA) is 36.4 Å². The molecule has 0 saturated heterocycles. The van der Waals surface area contributed by atoms with E-state index >= 15 is 0 Å². The molecule has 3 rings (SSSR count). The molecule has 1 aromatic heterocycles. The molecule has 0 atom stereocenters. The van der Waals surface area contributed by atoms with Crippen molar-refractivity contribution >= 4 is 40.3 Å². The van der Waals surface area contributed by atoms with Gasteiger partial charge in [-0.15, -0.1) is 0 Å². The number of nitrogens with zero attached hydrogens (tertiary/aromatic N) is 3. The number of hydrogen-bond acceptors (Lipinski definition) is 5. The van der Waals surface area contributed by atoms with Crippen LogP contribution in [0.3, 0.4) is 0 Å². The number of hydrogen-bond donors (Lipinski definition) is 0. The minimum atomic E-state index is -4.49. The number of anilines is 2. The van der Waals surface area contributed by atoms with Crippen molar-refractivity contribution in [1.82, 2.24) is 9.88 Å². The van der Waals surface area contributed by atoms with Crippen LogP contribution in [0.4, 0.5) is 29.5 Å². The Labute approximate surface area is 183 Å². The van der Waals surface area contributed by atoms with E-state index in [1.165, 1.54) is 22.7 Å². The van der Waals surface area contributed by atoms with Crippen molar-refractivity contribution in [2.45, 2.75) is 55.7 Å². The number of thioether (sulfide) groups is 1. The molecule has 162 valence electrons. The van der Waals surface area contributed by atoms with E-state index in [0.29, 0.717) is 35.1 Å². The molecule has 0 radical (unpaired) electrons. The van der Waals surface area contributed by atoms with Crippen molar-refractivity contribution in [3.63, 3.8) is 0 Å². The summed E-state index contributed by atoms with van der Waals surface area (Å²) in [4.78, 5) is 22.4. The third kappa shape index (κ3) is 4.95. The molecule has 30 heavy (non-hydrogen) atoms. The second kappa shape index (κ2) is 9.20. The average molecular weight is 456 g/mol. The number of carbonyl (C=O) groups excluding carboxylic acids is 1. The van der Waals surface area contributed by atoms with Gasteiger partial charge in [0.2, 0.25) is 0 Å². The van der Waals surface area contributed by atoms with Crippen molar-refractivity contribution in [2.75, 3.05) is 17.2 Å². The van der Waals surface area contributed by atoms with Gasteiger partial charge in [-0.25, -0.2) is 4.98 Å². The Balaban J connectivity index is 1.89. The first-order valence-electron chi connectivity index (χ1n) is 9.66. The molecule has 0 N–H and O–H groups in total. The summed E-state index contributed by atoms with van der Waals surface area (Å²) in [5.41, 5.74) is -0.557. The maximum Gasteiger partial charge on any atom is 0.416 e. The van der Waals surface area contributed by atoms with E-state index in [1.54, 1.807) is 12.3 Å². The van der Waals surface area contributed by atoms with Crippen LogP contribution in [0.1, 0.15) is 33.3 Å². The Hall–Kier alpha value is -1.71. The average Bonchev–Trinajstić information content (AvgIpc) is 2.67. The van der Waals surface area contributed by atoms with Crippen molar-refractivity contribution in [3.05, 3.63) is 42.1 Å². The molecule has 9 heteroatoms. The zero-order valence-corrected chi connectivity index (χ0v) is 18.9. The number of fused-ring (bicyclic) bond motifs is 2. The van der Waals surface area contributed by atoms with Crippen LogP contribution in [0.5, 0.6) is 0 Å². The molecule has 4 nitrogen and oxygen atoms in total. The van der Waals surface area contributed by atoms with Crippen LogP contribution in [-0.2, 0) is 6.18 Å². The van der Waals surface area contributed by atoms with E-state index in [9.17, 15) is 18.0 Å². The Kier molecular flexibility index (Phi) is 7.04. The smallest absolute Gasteiger partial charge is 0.298 e. The maximum atomic E-state index is 13.3. The number of halogens is 3. The zero-order chi connectivity index (χ0) is 22.1. The van der Waals surface area contributed by atoms with Crippen LogP contribution in [0.15, 0.2) is 46.3 Å². The van der Waals surface area contributed by atoms with Gasteiger partial charge in [-0.1, -0.05) is 23.5 Å². The van der Waals surface area contributed by atoms with Gasteiger partial charge < -0.3 is 0 Å². The molecule has 0 spiro atoms. The molecular weight excluding hydrogens is 431 g/mol. The zero-order valence-electron chi connectivity index (χ0n) is 17.2. The lowest BCUT2D eigenvalue weighted by atomic mass is 10.1. The Morgan fingerprint density at radius 2 is 1.87 bits per heavy atom. The van der Waals surface area contributed by atoms with E-state index in [-0.39, 0.29) is 10.9 Å². The van der Waals surface area contributed by atoms with Crippen molar-refractivity contribution in [2.24, 2.45) is 0 Å². The van der Waals surface area contributed by atoms with Gasteiger partial charge in [0, 0.05) is 35.5 Å². The Morgan fingerprint density at radius 1 is 1.17 bits per heavy atom. The molecule has 0 saturated carbocycles. The fourth-order valence-corrected chi connectivity index (χ4v) is 5.22. The van der Waals surface area contributed by atoms with Gasteiger partial charge in [-0.3, -0.25) is 14.6 Å². The van der Waals surface area contributed by atoms with Crippen LogP contribution in [0.25, 0.3) is 0 Å². The lowest BCUT2D eigenvalue weighted by Crippen LogP contribution is -2.39. The van der Waals surface area contributed by atoms with Crippen molar-refractivity contribution in [3.8, 4) is 0 Å². The molecule has 1 aliphatic heterocycles. The monoisotopic (exact) mass is 455 g/mol. The summed E-state index contributed by atoms with van der Waals surface area (Å²) in [7, 11) is 0. The molecular formula is C21H24F3N3OS2. The predicted molar refractivity (Wildman–Crippen MR) is 117 cm³/mol. The highest BCUT2D eigenvalue weighted by Gasteiger charge is 2.35. The summed E-state index contributed by atoms with van der Waals surface area (Å²) in [5.74, 6) is 0.909. The number of benzene rings is 1. The normalized spacial score (nSPS) is 13.7. The molecule has 1 aliphatic rings. The minimum Gasteiger partial charge on any atom is -0.298 e. The van der Waals surface area contributed by atoms with Crippen LogP contribution in [0, 0.1) is 0 Å². The van der Waals surface area contributed by atoms with Crippen LogP contribution < -0.4 is 4.90 Å². The fraction of sp³-hybridized carbons (Fsp3) is 0.429. The van der Waals surface area contributed by atoms with Crippen LogP contribution in [-0.4, -0.2) is 39.5 Å². The fourth-order valence-electron chi connectivity index (χ4n) is 3.42. The van der Waals surface area contributed by atoms with E-state index in [2.05, 4.69) is 37.6 Å². The Bertz CT molecular complexity index is 911. The summed E-state index contributed by atoms with van der Waals surface area (Å²) in [5, 5.41) is -0.330. The number of pyridine rings is 1. The van der Waals surface area contributed by atoms with E-state index < -0.39 is 11.7 Å².